The van der Waals surface area contributed by atoms with Gasteiger partial charge in [-0.15, -0.1) is 0 Å². The fourth-order valence-electron chi connectivity index (χ4n) is 2.20. The van der Waals surface area contributed by atoms with Crippen molar-refractivity contribution in [1.82, 2.24) is 5.32 Å². The fourth-order valence-corrected chi connectivity index (χ4v) is 2.20. The van der Waals surface area contributed by atoms with Crippen molar-refractivity contribution in [3.8, 4) is 11.5 Å². The molecule has 5 heteroatoms. The summed E-state index contributed by atoms with van der Waals surface area (Å²) in [7, 11) is 1.60. The highest BCUT2D eigenvalue weighted by Crippen LogP contribution is 2.25. The molecule has 2 amide bonds. The van der Waals surface area contributed by atoms with Gasteiger partial charge in [-0.25, -0.2) is 4.79 Å². The van der Waals surface area contributed by atoms with Crippen molar-refractivity contribution in [2.24, 2.45) is 0 Å². The molecule has 5 nitrogen and oxygen atoms in total. The van der Waals surface area contributed by atoms with E-state index in [2.05, 4.69) is 5.32 Å². The molecule has 0 aliphatic rings. The number of rotatable bonds is 7. The molecule has 0 aliphatic carbocycles. The molecule has 2 rings (SSSR count). The Morgan fingerprint density at radius 2 is 1.70 bits per heavy atom. The molecular weight excluding hydrogens is 292 g/mol. The van der Waals surface area contributed by atoms with Gasteiger partial charge in [0, 0.05) is 12.2 Å². The van der Waals surface area contributed by atoms with Gasteiger partial charge in [-0.3, -0.25) is 4.90 Å². The van der Waals surface area contributed by atoms with Crippen LogP contribution in [0.15, 0.2) is 54.6 Å². The predicted octanol–water partition coefficient (Wildman–Crippen LogP) is 3.31. The Balaban J connectivity index is 1.82. The number of para-hydroxylation sites is 3. The van der Waals surface area contributed by atoms with Gasteiger partial charge in [0.05, 0.1) is 13.7 Å². The Morgan fingerprint density at radius 1 is 1.04 bits per heavy atom. The number of nitrogens with zero attached hydrogens (tertiary/aromatic N) is 1. The van der Waals surface area contributed by atoms with Gasteiger partial charge in [-0.2, -0.15) is 0 Å². The minimum atomic E-state index is -0.137. The van der Waals surface area contributed by atoms with E-state index in [9.17, 15) is 4.79 Å². The number of ether oxygens (including phenoxy) is 2. The maximum Gasteiger partial charge on any atom is 0.321 e. The van der Waals surface area contributed by atoms with E-state index in [0.29, 0.717) is 31.2 Å². The first kappa shape index (κ1) is 16.7. The summed E-state index contributed by atoms with van der Waals surface area (Å²) in [5.41, 5.74) is 0.873. The number of carbonyl (C=O) groups excluding carboxylic acids is 1. The molecule has 0 fully saturated rings. The standard InChI is InChI=1S/C18H22N2O3/c1-3-20(15-9-5-4-6-10-15)18(21)19-13-14-23-17-12-8-7-11-16(17)22-2/h4-12H,3,13-14H2,1-2H3,(H,19,21). The average molecular weight is 314 g/mol. The van der Waals surface area contributed by atoms with E-state index in [4.69, 9.17) is 9.47 Å². The minimum Gasteiger partial charge on any atom is -0.493 e. The highest BCUT2D eigenvalue weighted by atomic mass is 16.5. The summed E-state index contributed by atoms with van der Waals surface area (Å²) in [6, 6.07) is 16.9. The zero-order valence-electron chi connectivity index (χ0n) is 13.5. The smallest absolute Gasteiger partial charge is 0.321 e. The van der Waals surface area contributed by atoms with E-state index in [-0.39, 0.29) is 6.03 Å². The van der Waals surface area contributed by atoms with E-state index >= 15 is 0 Å². The van der Waals surface area contributed by atoms with E-state index in [1.165, 1.54) is 0 Å². The summed E-state index contributed by atoms with van der Waals surface area (Å²) in [6.07, 6.45) is 0. The second-order valence-electron chi connectivity index (χ2n) is 4.81. The molecule has 0 radical (unpaired) electrons. The lowest BCUT2D eigenvalue weighted by Crippen LogP contribution is -2.41. The first-order valence-corrected chi connectivity index (χ1v) is 7.62. The topological polar surface area (TPSA) is 50.8 Å². The molecule has 23 heavy (non-hydrogen) atoms. The van der Waals surface area contributed by atoms with E-state index in [1.807, 2.05) is 61.5 Å². The molecule has 0 bridgehead atoms. The van der Waals surface area contributed by atoms with E-state index in [0.717, 1.165) is 5.69 Å². The Bertz CT molecular complexity index is 617. The highest BCUT2D eigenvalue weighted by molar-refractivity contribution is 5.91. The van der Waals surface area contributed by atoms with Gasteiger partial charge in [0.25, 0.3) is 0 Å². The summed E-state index contributed by atoms with van der Waals surface area (Å²) in [5, 5.41) is 2.86. The Labute approximate surface area is 136 Å². The van der Waals surface area contributed by atoms with Crippen molar-refractivity contribution < 1.29 is 14.3 Å². The van der Waals surface area contributed by atoms with Crippen LogP contribution in [-0.2, 0) is 0 Å². The lowest BCUT2D eigenvalue weighted by molar-refractivity contribution is 0.241. The number of anilines is 1. The average Bonchev–Trinajstić information content (AvgIpc) is 2.60. The molecule has 1 N–H and O–H groups in total. The molecular formula is C18H22N2O3. The van der Waals surface area contributed by atoms with Crippen LogP contribution in [0.3, 0.4) is 0 Å². The van der Waals surface area contributed by atoms with Crippen molar-refractivity contribution in [3.05, 3.63) is 54.6 Å². The normalized spacial score (nSPS) is 10.0. The number of benzene rings is 2. The van der Waals surface area contributed by atoms with Crippen LogP contribution >= 0.6 is 0 Å². The van der Waals surface area contributed by atoms with Gasteiger partial charge < -0.3 is 14.8 Å². The summed E-state index contributed by atoms with van der Waals surface area (Å²) in [4.78, 5) is 13.9. The van der Waals surface area contributed by atoms with Crippen molar-refractivity contribution >= 4 is 11.7 Å². The lowest BCUT2D eigenvalue weighted by Gasteiger charge is -2.21. The third kappa shape index (κ3) is 4.64. The van der Waals surface area contributed by atoms with Crippen molar-refractivity contribution in [1.29, 1.82) is 0 Å². The van der Waals surface area contributed by atoms with Gasteiger partial charge in [0.2, 0.25) is 0 Å². The van der Waals surface area contributed by atoms with Crippen molar-refractivity contribution in [2.45, 2.75) is 6.92 Å². The predicted molar refractivity (Wildman–Crippen MR) is 91.3 cm³/mol. The maximum absolute atomic E-state index is 12.2. The fraction of sp³-hybridized carbons (Fsp3) is 0.278. The van der Waals surface area contributed by atoms with Gasteiger partial charge in [0.15, 0.2) is 11.5 Å². The van der Waals surface area contributed by atoms with Gasteiger partial charge in [0.1, 0.15) is 6.61 Å². The summed E-state index contributed by atoms with van der Waals surface area (Å²) in [6.45, 7) is 3.33. The largest absolute Gasteiger partial charge is 0.493 e. The molecule has 0 spiro atoms. The third-order valence-electron chi connectivity index (χ3n) is 3.33. The molecule has 122 valence electrons. The third-order valence-corrected chi connectivity index (χ3v) is 3.33. The number of carbonyl (C=O) groups is 1. The SMILES string of the molecule is CCN(C(=O)NCCOc1ccccc1OC)c1ccccc1. The number of hydrogen-bond donors (Lipinski definition) is 1. The number of nitrogens with one attached hydrogen (secondary N) is 1. The van der Waals surface area contributed by atoms with Gasteiger partial charge >= 0.3 is 6.03 Å². The highest BCUT2D eigenvalue weighted by Gasteiger charge is 2.12. The quantitative estimate of drug-likeness (QED) is 0.798. The molecule has 0 unspecified atom stereocenters. The zero-order chi connectivity index (χ0) is 16.5. The lowest BCUT2D eigenvalue weighted by atomic mass is 10.3. The number of urea groups is 1. The van der Waals surface area contributed by atoms with Crippen LogP contribution in [0.2, 0.25) is 0 Å². The summed E-state index contributed by atoms with van der Waals surface area (Å²) < 4.78 is 10.9. The number of hydrogen-bond acceptors (Lipinski definition) is 3. The summed E-state index contributed by atoms with van der Waals surface area (Å²) in [5.74, 6) is 1.35. The van der Waals surface area contributed by atoms with Crippen molar-refractivity contribution in [2.75, 3.05) is 31.7 Å². The van der Waals surface area contributed by atoms with Crippen LogP contribution in [0.1, 0.15) is 6.92 Å². The number of amides is 2. The molecule has 0 heterocycles. The molecule has 2 aromatic carbocycles. The van der Waals surface area contributed by atoms with Gasteiger partial charge in [-0.05, 0) is 31.2 Å². The zero-order valence-corrected chi connectivity index (χ0v) is 13.5. The van der Waals surface area contributed by atoms with Crippen LogP contribution in [-0.4, -0.2) is 32.8 Å². The van der Waals surface area contributed by atoms with Crippen LogP contribution in [0, 0.1) is 0 Å². The van der Waals surface area contributed by atoms with Crippen LogP contribution in [0.5, 0.6) is 11.5 Å². The van der Waals surface area contributed by atoms with Crippen molar-refractivity contribution in [3.63, 3.8) is 0 Å². The van der Waals surface area contributed by atoms with E-state index in [1.54, 1.807) is 12.0 Å². The Morgan fingerprint density at radius 3 is 2.35 bits per heavy atom. The second-order valence-corrected chi connectivity index (χ2v) is 4.81. The van der Waals surface area contributed by atoms with Crippen LogP contribution < -0.4 is 19.7 Å². The monoisotopic (exact) mass is 314 g/mol. The van der Waals surface area contributed by atoms with Gasteiger partial charge in [-0.1, -0.05) is 30.3 Å². The molecule has 0 aromatic heterocycles. The second kappa shape index (κ2) is 8.68. The minimum absolute atomic E-state index is 0.137. The molecule has 0 atom stereocenters. The first-order valence-electron chi connectivity index (χ1n) is 7.62. The maximum atomic E-state index is 12.2. The Kier molecular flexibility index (Phi) is 6.29. The first-order chi connectivity index (χ1) is 11.3. The molecule has 2 aromatic rings. The van der Waals surface area contributed by atoms with Crippen LogP contribution in [0.25, 0.3) is 0 Å². The van der Waals surface area contributed by atoms with E-state index < -0.39 is 0 Å². The molecule has 0 saturated heterocycles. The Hall–Kier alpha value is -2.69. The summed E-state index contributed by atoms with van der Waals surface area (Å²) >= 11 is 0. The number of methoxy groups -OCH3 is 1. The molecule has 0 aliphatic heterocycles. The molecule has 0 saturated carbocycles. The van der Waals surface area contributed by atoms with Crippen LogP contribution in [0.4, 0.5) is 10.5 Å².